The standard InChI is InChI=1S/2C6H13P.2ClH.Pd/c2*7-6-4-2-1-3-5-6;;;/h2*6H,1-5,7H2;2*1H;/q;;;;+2/p-2. The van der Waals surface area contributed by atoms with E-state index in [0.717, 1.165) is 11.3 Å². The van der Waals surface area contributed by atoms with E-state index >= 15 is 0 Å². The molecule has 2 rings (SSSR count). The Hall–Kier alpha value is 2.10. The van der Waals surface area contributed by atoms with Crippen molar-refractivity contribution in [2.24, 2.45) is 0 Å². The van der Waals surface area contributed by atoms with Gasteiger partial charge in [0.05, 0.1) is 0 Å². The number of hydrogen-bond acceptors (Lipinski definition) is 0. The Bertz CT molecular complexity index is 133. The maximum absolute atomic E-state index is 4.81. The molecule has 0 radical (unpaired) electrons. The summed E-state index contributed by atoms with van der Waals surface area (Å²) in [5.74, 6) is 0. The summed E-state index contributed by atoms with van der Waals surface area (Å²) in [6.07, 6.45) is 14.6. The summed E-state index contributed by atoms with van der Waals surface area (Å²) >= 11 is -0.106. The third-order valence-corrected chi connectivity index (χ3v) is 4.63. The first-order valence-electron chi connectivity index (χ1n) is 6.54. The Morgan fingerprint density at radius 3 is 1.00 bits per heavy atom. The van der Waals surface area contributed by atoms with E-state index in [1.54, 1.807) is 0 Å². The molecule has 0 amide bonds. The van der Waals surface area contributed by atoms with Crippen molar-refractivity contribution in [3.05, 3.63) is 0 Å². The summed E-state index contributed by atoms with van der Waals surface area (Å²) in [6, 6.07) is 0. The number of hydrogen-bond donors (Lipinski definition) is 0. The number of rotatable bonds is 0. The van der Waals surface area contributed by atoms with Crippen LogP contribution >= 0.6 is 37.5 Å². The molecule has 2 aliphatic rings. The summed E-state index contributed by atoms with van der Waals surface area (Å²) in [5.41, 5.74) is 1.91. The van der Waals surface area contributed by atoms with Crippen molar-refractivity contribution in [1.82, 2.24) is 0 Å². The molecule has 2 saturated carbocycles. The molecule has 0 spiro atoms. The summed E-state index contributed by atoms with van der Waals surface area (Å²) in [4.78, 5) is 0. The minimum atomic E-state index is -0.106. The second kappa shape index (κ2) is 14.5. The van der Waals surface area contributed by atoms with Crippen LogP contribution in [0.25, 0.3) is 0 Å². The predicted octanol–water partition coefficient (Wildman–Crippen LogP) is 5.76. The van der Waals surface area contributed by atoms with Crippen molar-refractivity contribution < 1.29 is 15.9 Å². The third-order valence-electron chi connectivity index (χ3n) is 3.30. The number of halogens is 2. The van der Waals surface area contributed by atoms with Gasteiger partial charge in [-0.1, -0.05) is 38.5 Å². The van der Waals surface area contributed by atoms with Gasteiger partial charge in [-0.15, -0.1) is 18.5 Å². The molecule has 0 N–H and O–H groups in total. The van der Waals surface area contributed by atoms with E-state index in [-0.39, 0.29) is 15.9 Å². The Kier molecular flexibility index (Phi) is 16.3. The predicted molar refractivity (Wildman–Crippen MR) is 84.9 cm³/mol. The molecule has 2 fully saturated rings. The average molecular weight is 410 g/mol. The van der Waals surface area contributed by atoms with E-state index in [2.05, 4.69) is 18.5 Å². The Morgan fingerprint density at radius 1 is 0.647 bits per heavy atom. The van der Waals surface area contributed by atoms with Crippen molar-refractivity contribution in [3.63, 3.8) is 0 Å². The van der Waals surface area contributed by atoms with Crippen molar-refractivity contribution in [1.29, 1.82) is 0 Å². The summed E-state index contributed by atoms with van der Waals surface area (Å²) < 4.78 is 0. The fourth-order valence-electron chi connectivity index (χ4n) is 2.27. The molecule has 5 heteroatoms. The van der Waals surface area contributed by atoms with Crippen molar-refractivity contribution in [2.45, 2.75) is 75.5 Å². The summed E-state index contributed by atoms with van der Waals surface area (Å²) in [5, 5.41) is 0. The zero-order valence-electron chi connectivity index (χ0n) is 10.5. The fraction of sp³-hybridized carbons (Fsp3) is 1.00. The SMILES string of the molecule is PC1CCCCC1.PC1CCCCC1.[Cl][Pd][Cl]. The van der Waals surface area contributed by atoms with E-state index in [1.165, 1.54) is 64.2 Å². The van der Waals surface area contributed by atoms with Gasteiger partial charge >= 0.3 is 35.0 Å². The van der Waals surface area contributed by atoms with Crippen molar-refractivity contribution in [3.8, 4) is 0 Å². The molecule has 17 heavy (non-hydrogen) atoms. The van der Waals surface area contributed by atoms with Gasteiger partial charge in [-0.25, -0.2) is 0 Å². The quantitative estimate of drug-likeness (QED) is 0.352. The molecule has 0 aromatic rings. The normalized spacial score (nSPS) is 22.1. The molecule has 0 bridgehead atoms. The molecule has 108 valence electrons. The fourth-order valence-corrected chi connectivity index (χ4v) is 3.21. The first-order chi connectivity index (χ1) is 8.20. The van der Waals surface area contributed by atoms with Gasteiger partial charge in [-0.3, -0.25) is 0 Å². The van der Waals surface area contributed by atoms with Crippen LogP contribution in [0.15, 0.2) is 0 Å². The van der Waals surface area contributed by atoms with Crippen molar-refractivity contribution >= 4 is 37.5 Å². The first-order valence-corrected chi connectivity index (χ1v) is 11.9. The van der Waals surface area contributed by atoms with E-state index in [4.69, 9.17) is 19.1 Å². The van der Waals surface area contributed by atoms with Crippen LogP contribution in [0.1, 0.15) is 64.2 Å². The van der Waals surface area contributed by atoms with E-state index < -0.39 is 0 Å². The molecule has 0 aliphatic heterocycles. The van der Waals surface area contributed by atoms with Gasteiger partial charge in [0.2, 0.25) is 0 Å². The first kappa shape index (κ1) is 19.1. The molecule has 0 nitrogen and oxygen atoms in total. The molecule has 0 aromatic heterocycles. The van der Waals surface area contributed by atoms with Gasteiger partial charge in [0.15, 0.2) is 0 Å². The van der Waals surface area contributed by atoms with Gasteiger partial charge in [-0.05, 0) is 37.0 Å². The van der Waals surface area contributed by atoms with Crippen LogP contribution in [0.2, 0.25) is 0 Å². The minimum absolute atomic E-state index is 0.106. The van der Waals surface area contributed by atoms with Crippen LogP contribution in [0, 0.1) is 0 Å². The molecule has 2 aliphatic carbocycles. The van der Waals surface area contributed by atoms with Crippen LogP contribution in [0.3, 0.4) is 0 Å². The molecule has 0 aromatic carbocycles. The molecule has 0 heterocycles. The van der Waals surface area contributed by atoms with Crippen LogP contribution in [-0.2, 0) is 15.9 Å². The topological polar surface area (TPSA) is 0 Å². The molecule has 2 atom stereocenters. The zero-order valence-corrected chi connectivity index (χ0v) is 15.8. The van der Waals surface area contributed by atoms with Crippen LogP contribution in [0.5, 0.6) is 0 Å². The Labute approximate surface area is 128 Å². The molecular weight excluding hydrogens is 383 g/mol. The van der Waals surface area contributed by atoms with E-state index in [0.29, 0.717) is 0 Å². The zero-order chi connectivity index (χ0) is 12.9. The van der Waals surface area contributed by atoms with Gasteiger partial charge in [0, 0.05) is 0 Å². The third kappa shape index (κ3) is 14.3. The average Bonchev–Trinajstić information content (AvgIpc) is 2.33. The van der Waals surface area contributed by atoms with Gasteiger partial charge in [-0.2, -0.15) is 0 Å². The molecule has 2 unspecified atom stereocenters. The molecule has 0 saturated heterocycles. The van der Waals surface area contributed by atoms with E-state index in [1.807, 2.05) is 0 Å². The Morgan fingerprint density at radius 2 is 0.882 bits per heavy atom. The van der Waals surface area contributed by atoms with E-state index in [9.17, 15) is 0 Å². The Balaban J connectivity index is 0.000000247. The van der Waals surface area contributed by atoms with Crippen LogP contribution in [0.4, 0.5) is 0 Å². The van der Waals surface area contributed by atoms with Crippen LogP contribution < -0.4 is 0 Å². The summed E-state index contributed by atoms with van der Waals surface area (Å²) in [6.45, 7) is 0. The summed E-state index contributed by atoms with van der Waals surface area (Å²) in [7, 11) is 15.4. The van der Waals surface area contributed by atoms with Gasteiger partial charge < -0.3 is 0 Å². The monoisotopic (exact) mass is 408 g/mol. The second-order valence-corrected chi connectivity index (χ2v) is 9.09. The maximum atomic E-state index is 4.81. The van der Waals surface area contributed by atoms with Crippen LogP contribution in [-0.4, -0.2) is 11.3 Å². The molecular formula is C12H26Cl2P2Pd. The van der Waals surface area contributed by atoms with Gasteiger partial charge in [0.25, 0.3) is 0 Å². The van der Waals surface area contributed by atoms with Gasteiger partial charge in [0.1, 0.15) is 0 Å². The van der Waals surface area contributed by atoms with Crippen molar-refractivity contribution in [2.75, 3.05) is 0 Å². The second-order valence-electron chi connectivity index (χ2n) is 4.84.